The van der Waals surface area contributed by atoms with Crippen LogP contribution >= 0.6 is 0 Å². The van der Waals surface area contributed by atoms with Crippen LogP contribution in [0.25, 0.3) is 22.6 Å². The molecule has 0 spiro atoms. The highest BCUT2D eigenvalue weighted by molar-refractivity contribution is 5.97. The van der Waals surface area contributed by atoms with Gasteiger partial charge in [-0.05, 0) is 68.9 Å². The third kappa shape index (κ3) is 5.25. The lowest BCUT2D eigenvalue weighted by Crippen LogP contribution is -2.43. The first-order valence-electron chi connectivity index (χ1n) is 12.6. The Hall–Kier alpha value is -3.19. The van der Waals surface area contributed by atoms with E-state index in [1.165, 1.54) is 5.56 Å². The molecule has 3 aromatic rings. The normalized spacial score (nSPS) is 19.7. The molecule has 35 heavy (non-hydrogen) atoms. The number of benzene rings is 2. The Bertz CT molecular complexity index is 1190. The lowest BCUT2D eigenvalue weighted by atomic mass is 9.84. The fourth-order valence-electron chi connectivity index (χ4n) is 5.06. The lowest BCUT2D eigenvalue weighted by molar-refractivity contribution is -0.127. The number of hydrogen-bond acceptors (Lipinski definition) is 5. The summed E-state index contributed by atoms with van der Waals surface area (Å²) in [5.41, 5.74) is 4.05. The van der Waals surface area contributed by atoms with Gasteiger partial charge in [0.25, 0.3) is 5.91 Å². The van der Waals surface area contributed by atoms with Gasteiger partial charge in [0.1, 0.15) is 5.52 Å². The van der Waals surface area contributed by atoms with Gasteiger partial charge in [-0.2, -0.15) is 0 Å². The molecule has 184 valence electrons. The first kappa shape index (κ1) is 23.5. The molecule has 2 aromatic carbocycles. The minimum atomic E-state index is -0.0691. The Labute approximate surface area is 205 Å². The SMILES string of the molecule is Cc1ccc(-c2nc3cc(C(=O)N4CCC([C@H](C)C(=O)NC[C@H]5CCCO5)CC4)ccc3o2)cc1. The smallest absolute Gasteiger partial charge is 0.253 e. The molecule has 2 fully saturated rings. The Kier molecular flexibility index (Phi) is 6.86. The summed E-state index contributed by atoms with van der Waals surface area (Å²) >= 11 is 0. The molecule has 1 aromatic heterocycles. The number of likely N-dealkylation sites (tertiary alicyclic amines) is 1. The van der Waals surface area contributed by atoms with Crippen LogP contribution in [-0.4, -0.2) is 54.0 Å². The molecule has 2 saturated heterocycles. The Morgan fingerprint density at radius 2 is 1.89 bits per heavy atom. The molecule has 7 nitrogen and oxygen atoms in total. The molecule has 7 heteroatoms. The third-order valence-electron chi connectivity index (χ3n) is 7.41. The highest BCUT2D eigenvalue weighted by atomic mass is 16.5. The van der Waals surface area contributed by atoms with E-state index >= 15 is 0 Å². The average Bonchev–Trinajstić information content (AvgIpc) is 3.56. The van der Waals surface area contributed by atoms with Crippen molar-refractivity contribution in [2.45, 2.75) is 45.6 Å². The van der Waals surface area contributed by atoms with Crippen molar-refractivity contribution in [2.24, 2.45) is 11.8 Å². The van der Waals surface area contributed by atoms with Crippen LogP contribution in [0.5, 0.6) is 0 Å². The third-order valence-corrected chi connectivity index (χ3v) is 7.41. The topological polar surface area (TPSA) is 84.7 Å². The number of rotatable bonds is 6. The second-order valence-electron chi connectivity index (χ2n) is 9.87. The van der Waals surface area contributed by atoms with Gasteiger partial charge in [-0.1, -0.05) is 24.6 Å². The summed E-state index contributed by atoms with van der Waals surface area (Å²) in [7, 11) is 0. The summed E-state index contributed by atoms with van der Waals surface area (Å²) in [6.45, 7) is 6.73. The number of hydrogen-bond donors (Lipinski definition) is 1. The molecule has 2 aliphatic heterocycles. The highest BCUT2D eigenvalue weighted by Crippen LogP contribution is 2.28. The molecule has 3 heterocycles. The molecule has 0 bridgehead atoms. The number of amides is 2. The van der Waals surface area contributed by atoms with Crippen LogP contribution < -0.4 is 5.32 Å². The number of oxazole rings is 1. The molecule has 2 aliphatic rings. The van der Waals surface area contributed by atoms with Crippen LogP contribution in [0.4, 0.5) is 0 Å². The zero-order valence-electron chi connectivity index (χ0n) is 20.5. The number of nitrogens with one attached hydrogen (secondary N) is 1. The summed E-state index contributed by atoms with van der Waals surface area (Å²) in [6, 6.07) is 13.5. The standard InChI is InChI=1S/C28H33N3O4/c1-18-5-7-21(8-6-18)27-30-24-16-22(9-10-25(24)35-27)28(33)31-13-11-20(12-14-31)19(2)26(32)29-17-23-4-3-15-34-23/h5-10,16,19-20,23H,3-4,11-15,17H2,1-2H3,(H,29,32)/t19-,23+/m0/s1. The van der Waals surface area contributed by atoms with Crippen molar-refractivity contribution < 1.29 is 18.7 Å². The predicted molar refractivity (Wildman–Crippen MR) is 134 cm³/mol. The monoisotopic (exact) mass is 475 g/mol. The maximum atomic E-state index is 13.2. The van der Waals surface area contributed by atoms with E-state index in [-0.39, 0.29) is 29.8 Å². The molecule has 0 aliphatic carbocycles. The fourth-order valence-corrected chi connectivity index (χ4v) is 5.06. The number of aryl methyl sites for hydroxylation is 1. The number of nitrogens with zero attached hydrogens (tertiary/aromatic N) is 2. The van der Waals surface area contributed by atoms with Crippen LogP contribution in [0.15, 0.2) is 46.9 Å². The van der Waals surface area contributed by atoms with E-state index in [1.807, 2.05) is 61.2 Å². The second kappa shape index (κ2) is 10.2. The van der Waals surface area contributed by atoms with Gasteiger partial charge in [-0.15, -0.1) is 0 Å². The van der Waals surface area contributed by atoms with Crippen LogP contribution in [0.3, 0.4) is 0 Å². The van der Waals surface area contributed by atoms with E-state index < -0.39 is 0 Å². The number of carbonyl (C=O) groups is 2. The molecule has 0 saturated carbocycles. The van der Waals surface area contributed by atoms with Gasteiger partial charge in [-0.25, -0.2) is 4.98 Å². The molecule has 1 N–H and O–H groups in total. The van der Waals surface area contributed by atoms with E-state index in [9.17, 15) is 9.59 Å². The molecule has 5 rings (SSSR count). The minimum absolute atomic E-state index is 0.000669. The van der Waals surface area contributed by atoms with Crippen molar-refractivity contribution >= 4 is 22.9 Å². The first-order chi connectivity index (χ1) is 17.0. The lowest BCUT2D eigenvalue weighted by Gasteiger charge is -2.34. The Morgan fingerprint density at radius 1 is 1.11 bits per heavy atom. The van der Waals surface area contributed by atoms with Gasteiger partial charge in [-0.3, -0.25) is 9.59 Å². The summed E-state index contributed by atoms with van der Waals surface area (Å²) in [5, 5.41) is 3.05. The number of aromatic nitrogens is 1. The van der Waals surface area contributed by atoms with Crippen LogP contribution in [0.1, 0.15) is 48.5 Å². The maximum Gasteiger partial charge on any atom is 0.253 e. The molecule has 0 unspecified atom stereocenters. The van der Waals surface area contributed by atoms with E-state index in [2.05, 4.69) is 10.3 Å². The summed E-state index contributed by atoms with van der Waals surface area (Å²) in [6.07, 6.45) is 3.89. The van der Waals surface area contributed by atoms with E-state index in [0.29, 0.717) is 42.2 Å². The van der Waals surface area contributed by atoms with Gasteiger partial charge in [0.2, 0.25) is 11.8 Å². The second-order valence-corrected chi connectivity index (χ2v) is 9.87. The molecule has 2 atom stereocenters. The number of piperidine rings is 1. The zero-order chi connectivity index (χ0) is 24.4. The molecule has 0 radical (unpaired) electrons. The summed E-state index contributed by atoms with van der Waals surface area (Å²) in [5.74, 6) is 0.850. The van der Waals surface area contributed by atoms with Crippen molar-refractivity contribution in [1.82, 2.24) is 15.2 Å². The predicted octanol–water partition coefficient (Wildman–Crippen LogP) is 4.59. The van der Waals surface area contributed by atoms with E-state index in [1.54, 1.807) is 0 Å². The quantitative estimate of drug-likeness (QED) is 0.564. The first-order valence-corrected chi connectivity index (χ1v) is 12.6. The van der Waals surface area contributed by atoms with Gasteiger partial charge in [0, 0.05) is 43.3 Å². The van der Waals surface area contributed by atoms with Crippen molar-refractivity contribution in [3.63, 3.8) is 0 Å². The number of ether oxygens (including phenoxy) is 1. The van der Waals surface area contributed by atoms with Gasteiger partial charge >= 0.3 is 0 Å². The van der Waals surface area contributed by atoms with Crippen molar-refractivity contribution in [3.8, 4) is 11.5 Å². The number of fused-ring (bicyclic) bond motifs is 1. The van der Waals surface area contributed by atoms with Crippen molar-refractivity contribution in [1.29, 1.82) is 0 Å². The minimum Gasteiger partial charge on any atom is -0.436 e. The van der Waals surface area contributed by atoms with E-state index in [4.69, 9.17) is 9.15 Å². The summed E-state index contributed by atoms with van der Waals surface area (Å²) in [4.78, 5) is 32.3. The maximum absolute atomic E-state index is 13.2. The van der Waals surface area contributed by atoms with E-state index in [0.717, 1.165) is 37.9 Å². The van der Waals surface area contributed by atoms with Gasteiger partial charge in [0.15, 0.2) is 5.58 Å². The largest absolute Gasteiger partial charge is 0.436 e. The van der Waals surface area contributed by atoms with Gasteiger partial charge < -0.3 is 19.4 Å². The van der Waals surface area contributed by atoms with Gasteiger partial charge in [0.05, 0.1) is 6.10 Å². The van der Waals surface area contributed by atoms with Crippen LogP contribution in [0, 0.1) is 18.8 Å². The highest BCUT2D eigenvalue weighted by Gasteiger charge is 2.30. The zero-order valence-corrected chi connectivity index (χ0v) is 20.5. The molecule has 2 amide bonds. The molecular formula is C28H33N3O4. The number of carbonyl (C=O) groups excluding carboxylic acids is 2. The summed E-state index contributed by atoms with van der Waals surface area (Å²) < 4.78 is 11.5. The Balaban J connectivity index is 1.18. The van der Waals surface area contributed by atoms with Crippen molar-refractivity contribution in [2.75, 3.05) is 26.2 Å². The van der Waals surface area contributed by atoms with Crippen molar-refractivity contribution in [3.05, 3.63) is 53.6 Å². The fraction of sp³-hybridized carbons (Fsp3) is 0.464. The van der Waals surface area contributed by atoms with Crippen LogP contribution in [-0.2, 0) is 9.53 Å². The molecular weight excluding hydrogens is 442 g/mol. The van der Waals surface area contributed by atoms with Crippen LogP contribution in [0.2, 0.25) is 0 Å². The average molecular weight is 476 g/mol. The Morgan fingerprint density at radius 3 is 2.60 bits per heavy atom.